The Bertz CT molecular complexity index is 897. The number of allylic oxidation sites excluding steroid dienone is 2. The number of amides is 3. The third-order valence-electron chi connectivity index (χ3n) is 6.21. The fraction of sp³-hybridized carbons (Fsp3) is 0.500. The summed E-state index contributed by atoms with van der Waals surface area (Å²) in [5.74, 6) is 0.562. The van der Waals surface area contributed by atoms with Crippen molar-refractivity contribution in [3.63, 3.8) is 0 Å². The lowest BCUT2D eigenvalue weighted by Crippen LogP contribution is -2.64. The average molecular weight is 412 g/mol. The van der Waals surface area contributed by atoms with Gasteiger partial charge in [-0.25, -0.2) is 9.79 Å². The van der Waals surface area contributed by atoms with Gasteiger partial charge in [-0.3, -0.25) is 14.6 Å². The zero-order valence-electron chi connectivity index (χ0n) is 18.0. The summed E-state index contributed by atoms with van der Waals surface area (Å²) in [5.41, 5.74) is 3.26. The van der Waals surface area contributed by atoms with Crippen LogP contribution >= 0.6 is 0 Å². The summed E-state index contributed by atoms with van der Waals surface area (Å²) in [6.07, 6.45) is 1.05. The number of guanidine groups is 1. The number of hydrogen-bond acceptors (Lipinski definition) is 6. The predicted octanol–water partition coefficient (Wildman–Crippen LogP) is 2.09. The molecule has 0 spiro atoms. The highest BCUT2D eigenvalue weighted by Gasteiger charge is 2.55. The van der Waals surface area contributed by atoms with Crippen molar-refractivity contribution in [3.8, 4) is 0 Å². The number of ether oxygens (including phenoxy) is 1. The molecule has 0 N–H and O–H groups in total. The van der Waals surface area contributed by atoms with Crippen LogP contribution in [0.1, 0.15) is 25.8 Å². The molecule has 3 aliphatic rings. The van der Waals surface area contributed by atoms with E-state index < -0.39 is 12.2 Å². The number of nitrogens with zero attached hydrogens (tertiary/aromatic N) is 5. The summed E-state index contributed by atoms with van der Waals surface area (Å²) >= 11 is 0. The Morgan fingerprint density at radius 1 is 1.03 bits per heavy atom. The van der Waals surface area contributed by atoms with Crippen molar-refractivity contribution in [3.05, 3.63) is 47.3 Å². The van der Waals surface area contributed by atoms with E-state index in [9.17, 15) is 9.59 Å². The van der Waals surface area contributed by atoms with Crippen molar-refractivity contribution in [1.82, 2.24) is 19.6 Å². The Kier molecular flexibility index (Phi) is 5.51. The van der Waals surface area contributed by atoms with E-state index in [0.717, 1.165) is 30.2 Å². The highest BCUT2D eigenvalue weighted by atomic mass is 16.5. The molecule has 30 heavy (non-hydrogen) atoms. The third kappa shape index (κ3) is 3.25. The van der Waals surface area contributed by atoms with Gasteiger partial charge in [0.15, 0.2) is 12.2 Å². The van der Waals surface area contributed by atoms with Crippen LogP contribution < -0.4 is 0 Å². The maximum Gasteiger partial charge on any atom is 0.328 e. The topological polar surface area (TPSA) is 68.7 Å². The fourth-order valence-electron chi connectivity index (χ4n) is 4.42. The number of hydrogen-bond donors (Lipinski definition) is 0. The van der Waals surface area contributed by atoms with Gasteiger partial charge in [0.05, 0.1) is 6.61 Å². The lowest BCUT2D eigenvalue weighted by Gasteiger charge is -2.40. The normalized spacial score (nSPS) is 23.4. The van der Waals surface area contributed by atoms with Gasteiger partial charge >= 0.3 is 6.03 Å². The largest absolute Gasteiger partial charge is 0.383 e. The second-order valence-corrected chi connectivity index (χ2v) is 7.95. The Labute approximate surface area is 177 Å². The Balaban J connectivity index is 1.52. The van der Waals surface area contributed by atoms with Gasteiger partial charge in [-0.1, -0.05) is 30.3 Å². The molecule has 0 saturated carbocycles. The number of benzene rings is 1. The number of carbonyl (C=O) groups is 2. The summed E-state index contributed by atoms with van der Waals surface area (Å²) in [6, 6.07) is 9.33. The second-order valence-electron chi connectivity index (χ2n) is 7.95. The van der Waals surface area contributed by atoms with Gasteiger partial charge in [-0.15, -0.1) is 0 Å². The minimum absolute atomic E-state index is 0.171. The van der Waals surface area contributed by atoms with E-state index in [0.29, 0.717) is 19.7 Å². The molecule has 2 unspecified atom stereocenters. The quantitative estimate of drug-likeness (QED) is 0.687. The number of imide groups is 1. The number of methoxy groups -OCH3 is 1. The molecule has 1 fully saturated rings. The van der Waals surface area contributed by atoms with Crippen LogP contribution in [0, 0.1) is 0 Å². The van der Waals surface area contributed by atoms with Gasteiger partial charge in [0.1, 0.15) is 0 Å². The van der Waals surface area contributed by atoms with Crippen LogP contribution in [0.2, 0.25) is 0 Å². The minimum atomic E-state index is -0.512. The van der Waals surface area contributed by atoms with Crippen molar-refractivity contribution in [2.75, 3.05) is 33.9 Å². The number of fused-ring (bicyclic) bond motifs is 3. The Morgan fingerprint density at radius 2 is 1.77 bits per heavy atom. The molecule has 8 nitrogen and oxygen atoms in total. The van der Waals surface area contributed by atoms with Crippen molar-refractivity contribution in [1.29, 1.82) is 0 Å². The number of urea groups is 1. The zero-order valence-corrected chi connectivity index (χ0v) is 18.0. The zero-order chi connectivity index (χ0) is 21.4. The monoisotopic (exact) mass is 411 g/mol. The summed E-state index contributed by atoms with van der Waals surface area (Å²) in [5, 5.41) is 0. The van der Waals surface area contributed by atoms with Crippen LogP contribution in [0.4, 0.5) is 4.79 Å². The average Bonchev–Trinajstić information content (AvgIpc) is 3.24. The molecule has 0 radical (unpaired) electrons. The first-order chi connectivity index (χ1) is 14.5. The second kappa shape index (κ2) is 8.10. The molecule has 1 saturated heterocycles. The van der Waals surface area contributed by atoms with Gasteiger partial charge in [0.25, 0.3) is 5.91 Å². The molecular formula is C22H29N5O3. The number of aliphatic imine (C=N–C) groups is 1. The lowest BCUT2D eigenvalue weighted by atomic mass is 10.1. The number of carbonyl (C=O) groups excluding carboxylic acids is 2. The first-order valence-electron chi connectivity index (χ1n) is 10.4. The molecule has 1 aromatic carbocycles. The number of likely N-dealkylation sites (N-methyl/N-ethyl adjacent to an activating group) is 1. The van der Waals surface area contributed by atoms with Crippen molar-refractivity contribution in [2.45, 2.75) is 38.9 Å². The molecule has 4 rings (SSSR count). The maximum absolute atomic E-state index is 13.4. The van der Waals surface area contributed by atoms with E-state index in [1.807, 2.05) is 36.9 Å². The van der Waals surface area contributed by atoms with Crippen molar-refractivity contribution in [2.24, 2.45) is 4.99 Å². The van der Waals surface area contributed by atoms with Gasteiger partial charge in [-0.05, 0) is 32.3 Å². The number of rotatable bonds is 7. The first kappa shape index (κ1) is 20.4. The van der Waals surface area contributed by atoms with E-state index in [1.54, 1.807) is 19.1 Å². The molecule has 0 aliphatic carbocycles. The molecule has 0 aromatic heterocycles. The highest BCUT2D eigenvalue weighted by molar-refractivity contribution is 6.05. The smallest absolute Gasteiger partial charge is 0.328 e. The lowest BCUT2D eigenvalue weighted by molar-refractivity contribution is -0.136. The van der Waals surface area contributed by atoms with Crippen LogP contribution in [-0.2, 0) is 16.0 Å². The molecule has 160 valence electrons. The van der Waals surface area contributed by atoms with Gasteiger partial charge in [-0.2, -0.15) is 0 Å². The van der Waals surface area contributed by atoms with Crippen LogP contribution in [0.25, 0.3) is 0 Å². The predicted molar refractivity (Wildman–Crippen MR) is 113 cm³/mol. The molecule has 2 atom stereocenters. The molecule has 1 aromatic rings. The first-order valence-corrected chi connectivity index (χ1v) is 10.4. The molecular weight excluding hydrogens is 382 g/mol. The van der Waals surface area contributed by atoms with E-state index in [-0.39, 0.29) is 11.9 Å². The number of aryl methyl sites for hydroxylation is 1. The van der Waals surface area contributed by atoms with Crippen LogP contribution in [-0.4, -0.2) is 83.6 Å². The van der Waals surface area contributed by atoms with Crippen LogP contribution in [0.15, 0.2) is 46.7 Å². The molecule has 8 heteroatoms. The van der Waals surface area contributed by atoms with Crippen LogP contribution in [0.3, 0.4) is 0 Å². The SMILES string of the molecule is COCCN1C2=NC3C(C(=O)N(CCCc4ccccc4)C(=O)N3C)N2C(C)=C1C. The summed E-state index contributed by atoms with van der Waals surface area (Å²) in [4.78, 5) is 38.2. The van der Waals surface area contributed by atoms with Gasteiger partial charge in [0, 0.05) is 38.6 Å². The molecule has 0 bridgehead atoms. The standard InChI is InChI=1S/C22H29N5O3/c1-15-16(2)27-18-19(23-21(27)25(15)13-14-30-4)24(3)22(29)26(20(18)28)12-8-11-17-9-6-5-7-10-17/h5-7,9-10,18-19H,8,11-14H2,1-4H3. The van der Waals surface area contributed by atoms with E-state index in [4.69, 9.17) is 9.73 Å². The Morgan fingerprint density at radius 3 is 2.47 bits per heavy atom. The summed E-state index contributed by atoms with van der Waals surface area (Å²) < 4.78 is 5.23. The Hall–Kier alpha value is -2.87. The van der Waals surface area contributed by atoms with E-state index in [2.05, 4.69) is 17.0 Å². The third-order valence-corrected chi connectivity index (χ3v) is 6.21. The van der Waals surface area contributed by atoms with Crippen LogP contribution in [0.5, 0.6) is 0 Å². The van der Waals surface area contributed by atoms with Crippen molar-refractivity contribution >= 4 is 17.9 Å². The van der Waals surface area contributed by atoms with E-state index >= 15 is 0 Å². The fourth-order valence-corrected chi connectivity index (χ4v) is 4.42. The molecule has 3 aliphatic heterocycles. The summed E-state index contributed by atoms with van der Waals surface area (Å²) in [7, 11) is 3.40. The maximum atomic E-state index is 13.4. The molecule has 3 heterocycles. The minimum Gasteiger partial charge on any atom is -0.383 e. The van der Waals surface area contributed by atoms with Gasteiger partial charge < -0.3 is 14.5 Å². The van der Waals surface area contributed by atoms with Gasteiger partial charge in [0.2, 0.25) is 5.96 Å². The molecule has 3 amide bonds. The highest BCUT2D eigenvalue weighted by Crippen LogP contribution is 2.37. The summed E-state index contributed by atoms with van der Waals surface area (Å²) in [6.45, 7) is 5.64. The van der Waals surface area contributed by atoms with E-state index in [1.165, 1.54) is 10.5 Å². The van der Waals surface area contributed by atoms with Crippen molar-refractivity contribution < 1.29 is 14.3 Å².